The molecule has 18 heavy (non-hydrogen) atoms. The van der Waals surface area contributed by atoms with Crippen molar-refractivity contribution in [2.45, 2.75) is 4.90 Å². The van der Waals surface area contributed by atoms with Crippen LogP contribution in [-0.4, -0.2) is 8.42 Å². The average Bonchev–Trinajstić information content (AvgIpc) is 2.40. The predicted molar refractivity (Wildman–Crippen MR) is 70.2 cm³/mol. The predicted octanol–water partition coefficient (Wildman–Crippen LogP) is 2.80. The fraction of sp³-hybridized carbons (Fsp3) is 0. The molecule has 0 saturated heterocycles. The van der Waals surface area contributed by atoms with Gasteiger partial charge in [0, 0.05) is 5.69 Å². The van der Waals surface area contributed by atoms with Crippen LogP contribution in [0.25, 0.3) is 0 Å². The molecule has 0 heterocycles. The van der Waals surface area contributed by atoms with E-state index in [2.05, 4.69) is 10.5 Å². The molecule has 0 aliphatic rings. The van der Waals surface area contributed by atoms with Crippen molar-refractivity contribution in [2.75, 3.05) is 5.32 Å². The molecule has 0 aliphatic carbocycles. The summed E-state index contributed by atoms with van der Waals surface area (Å²) in [5, 5.41) is 5.83. The molecule has 2 aromatic carbocycles. The van der Waals surface area contributed by atoms with Gasteiger partial charge in [0.15, 0.2) is 10.7 Å². The van der Waals surface area contributed by atoms with Crippen LogP contribution >= 0.6 is 0 Å². The van der Waals surface area contributed by atoms with Crippen molar-refractivity contribution < 1.29 is 8.42 Å². The number of para-hydroxylation sites is 1. The summed E-state index contributed by atoms with van der Waals surface area (Å²) in [6.07, 6.45) is 0. The summed E-state index contributed by atoms with van der Waals surface area (Å²) in [6.45, 7) is 0. The number of anilines is 2. The van der Waals surface area contributed by atoms with Gasteiger partial charge in [-0.05, 0) is 35.5 Å². The quantitative estimate of drug-likeness (QED) is 0.656. The van der Waals surface area contributed by atoms with Crippen molar-refractivity contribution in [1.82, 2.24) is 0 Å². The summed E-state index contributed by atoms with van der Waals surface area (Å²) in [7, 11) is -2.72. The molecule has 0 unspecified atom stereocenters. The summed E-state index contributed by atoms with van der Waals surface area (Å²) < 4.78 is 21.6. The first-order chi connectivity index (χ1) is 8.70. The first-order valence-electron chi connectivity index (χ1n) is 5.14. The zero-order valence-corrected chi connectivity index (χ0v) is 10.1. The molecule has 6 heteroatoms. The fourth-order valence-corrected chi connectivity index (χ4v) is 1.92. The van der Waals surface area contributed by atoms with E-state index in [1.54, 1.807) is 0 Å². The second kappa shape index (κ2) is 5.42. The smallest absolute Gasteiger partial charge is 0.168 e. The van der Waals surface area contributed by atoms with Gasteiger partial charge in [0.1, 0.15) is 5.69 Å². The fourth-order valence-electron chi connectivity index (χ4n) is 1.49. The molecule has 0 aliphatic heterocycles. The van der Waals surface area contributed by atoms with Crippen molar-refractivity contribution >= 4 is 27.8 Å². The third kappa shape index (κ3) is 2.72. The van der Waals surface area contributed by atoms with Crippen LogP contribution in [0.1, 0.15) is 0 Å². The summed E-state index contributed by atoms with van der Waals surface area (Å²) in [5.41, 5.74) is 1.33. The van der Waals surface area contributed by atoms with Crippen LogP contribution in [0.2, 0.25) is 0 Å². The highest BCUT2D eigenvalue weighted by Crippen LogP contribution is 2.29. The number of benzene rings is 2. The van der Waals surface area contributed by atoms with E-state index < -0.39 is 10.7 Å². The first-order valence-corrected chi connectivity index (χ1v) is 6.32. The Morgan fingerprint density at radius 1 is 1.00 bits per heavy atom. The molecule has 0 amide bonds. The first kappa shape index (κ1) is 12.3. The number of hydrogen-bond donors (Lipinski definition) is 2. The van der Waals surface area contributed by atoms with Gasteiger partial charge in [-0.1, -0.05) is 18.2 Å². The Bertz CT molecular complexity index is 631. The van der Waals surface area contributed by atoms with Crippen molar-refractivity contribution in [1.29, 1.82) is 0 Å². The minimum atomic E-state index is -2.72. The number of rotatable bonds is 4. The van der Waals surface area contributed by atoms with Crippen molar-refractivity contribution in [3.8, 4) is 0 Å². The maximum absolute atomic E-state index is 10.8. The zero-order valence-electron chi connectivity index (χ0n) is 9.24. The molecule has 0 saturated carbocycles. The Kier molecular flexibility index (Phi) is 3.69. The van der Waals surface area contributed by atoms with Gasteiger partial charge in [0.05, 0.1) is 10.6 Å². The molecule has 0 atom stereocenters. The van der Waals surface area contributed by atoms with Crippen LogP contribution in [0.5, 0.6) is 0 Å². The number of nitrogens with zero attached hydrogens (tertiary/aromatic N) is 1. The maximum atomic E-state index is 10.8. The monoisotopic (exact) mass is 262 g/mol. The average molecular weight is 262 g/mol. The summed E-state index contributed by atoms with van der Waals surface area (Å²) in [4.78, 5) is 10.8. The second-order valence-corrected chi connectivity index (χ2v) is 4.57. The summed E-state index contributed by atoms with van der Waals surface area (Å²) >= 11 is 0. The molecule has 92 valence electrons. The lowest BCUT2D eigenvalue weighted by Crippen LogP contribution is -1.91. The largest absolute Gasteiger partial charge is 0.354 e. The highest BCUT2D eigenvalue weighted by Gasteiger charge is 2.06. The number of nitroso groups, excluding NO2 is 1. The van der Waals surface area contributed by atoms with E-state index >= 15 is 0 Å². The summed E-state index contributed by atoms with van der Waals surface area (Å²) in [6, 6.07) is 13.4. The lowest BCUT2D eigenvalue weighted by molar-refractivity contribution is 0.614. The van der Waals surface area contributed by atoms with Gasteiger partial charge >= 0.3 is 0 Å². The van der Waals surface area contributed by atoms with Gasteiger partial charge in [0.25, 0.3) is 0 Å². The summed E-state index contributed by atoms with van der Waals surface area (Å²) in [5.74, 6) is 0. The van der Waals surface area contributed by atoms with E-state index in [0.717, 1.165) is 5.69 Å². The number of thiol groups is 1. The molecule has 1 N–H and O–H groups in total. The minimum absolute atomic E-state index is 0.0653. The molecular weight excluding hydrogens is 252 g/mol. The molecule has 5 nitrogen and oxygen atoms in total. The highest BCUT2D eigenvalue weighted by atomic mass is 32.2. The molecule has 0 aromatic heterocycles. The van der Waals surface area contributed by atoms with E-state index in [1.165, 1.54) is 18.2 Å². The molecule has 0 fully saturated rings. The molecule has 0 radical (unpaired) electrons. The van der Waals surface area contributed by atoms with Crippen LogP contribution in [0.15, 0.2) is 58.6 Å². The Balaban J connectivity index is 2.37. The molecular formula is C12H10N2O3S. The SMILES string of the molecule is O=Nc1cc([SH](=O)=O)ccc1Nc1ccccc1. The Labute approximate surface area is 105 Å². The van der Waals surface area contributed by atoms with E-state index in [0.29, 0.717) is 5.69 Å². The van der Waals surface area contributed by atoms with E-state index in [-0.39, 0.29) is 10.6 Å². The number of nitrogens with one attached hydrogen (secondary N) is 1. The Morgan fingerprint density at radius 2 is 1.72 bits per heavy atom. The van der Waals surface area contributed by atoms with E-state index in [1.807, 2.05) is 30.3 Å². The third-order valence-corrected chi connectivity index (χ3v) is 3.04. The molecule has 0 spiro atoms. The standard InChI is InChI=1S/C12H10N2O3S/c15-14-12-8-10(18(16)17)6-7-11(12)13-9-4-2-1-3-5-9/h1-8,13,18H. The van der Waals surface area contributed by atoms with Crippen LogP contribution in [-0.2, 0) is 10.7 Å². The van der Waals surface area contributed by atoms with E-state index in [9.17, 15) is 13.3 Å². The third-order valence-electron chi connectivity index (χ3n) is 2.34. The van der Waals surface area contributed by atoms with Crippen LogP contribution in [0.4, 0.5) is 17.1 Å². The van der Waals surface area contributed by atoms with Gasteiger partial charge < -0.3 is 5.32 Å². The molecule has 0 bridgehead atoms. The maximum Gasteiger partial charge on any atom is 0.168 e. The normalized spacial score (nSPS) is 10.3. The van der Waals surface area contributed by atoms with Gasteiger partial charge in [-0.3, -0.25) is 0 Å². The Hall–Kier alpha value is -2.21. The van der Waals surface area contributed by atoms with Gasteiger partial charge in [0.2, 0.25) is 0 Å². The number of hydrogen-bond acceptors (Lipinski definition) is 5. The lowest BCUT2D eigenvalue weighted by Gasteiger charge is -2.07. The van der Waals surface area contributed by atoms with Gasteiger partial charge in [-0.2, -0.15) is 0 Å². The topological polar surface area (TPSA) is 75.6 Å². The lowest BCUT2D eigenvalue weighted by atomic mass is 10.2. The second-order valence-electron chi connectivity index (χ2n) is 3.54. The Morgan fingerprint density at radius 3 is 2.33 bits per heavy atom. The van der Waals surface area contributed by atoms with E-state index in [4.69, 9.17) is 0 Å². The van der Waals surface area contributed by atoms with Crippen molar-refractivity contribution in [3.63, 3.8) is 0 Å². The van der Waals surface area contributed by atoms with Gasteiger partial charge in [-0.25, -0.2) is 8.42 Å². The van der Waals surface area contributed by atoms with Gasteiger partial charge in [-0.15, -0.1) is 4.91 Å². The zero-order chi connectivity index (χ0) is 13.0. The van der Waals surface area contributed by atoms with Crippen molar-refractivity contribution in [2.24, 2.45) is 5.18 Å². The molecule has 2 rings (SSSR count). The van der Waals surface area contributed by atoms with Crippen LogP contribution in [0.3, 0.4) is 0 Å². The minimum Gasteiger partial charge on any atom is -0.354 e. The van der Waals surface area contributed by atoms with Crippen LogP contribution in [0, 0.1) is 4.91 Å². The molecule has 2 aromatic rings. The van der Waals surface area contributed by atoms with Crippen LogP contribution < -0.4 is 5.32 Å². The van der Waals surface area contributed by atoms with Crippen molar-refractivity contribution in [3.05, 3.63) is 53.4 Å². The highest BCUT2D eigenvalue weighted by molar-refractivity contribution is 7.72.